The Balaban J connectivity index is 0.000000439. The Morgan fingerprint density at radius 3 is 2.25 bits per heavy atom. The second-order valence-corrected chi connectivity index (χ2v) is 9.99. The van der Waals surface area contributed by atoms with Gasteiger partial charge in [0, 0.05) is 16.5 Å². The molecule has 194 valence electrons. The average molecular weight is 505 g/mol. The highest BCUT2D eigenvalue weighted by atomic mass is 35.5. The molecule has 3 aromatic carbocycles. The molecule has 1 nitrogen and oxygen atoms in total. The molecule has 2 atom stereocenters. The topological polar surface area (TPSA) is 9.23 Å². The number of allylic oxidation sites excluding steroid dienone is 2. The maximum atomic E-state index is 6.47. The molecule has 0 spiro atoms. The fraction of sp³-hybridized carbons (Fsp3) is 0.412. The van der Waals surface area contributed by atoms with E-state index in [1.165, 1.54) is 46.2 Å². The van der Waals surface area contributed by atoms with Crippen LogP contribution in [0.4, 0.5) is 0 Å². The van der Waals surface area contributed by atoms with E-state index in [0.29, 0.717) is 5.92 Å². The number of rotatable bonds is 4. The van der Waals surface area contributed by atoms with Crippen LogP contribution in [0, 0.1) is 12.8 Å². The van der Waals surface area contributed by atoms with Gasteiger partial charge in [0.1, 0.15) is 5.75 Å². The van der Waals surface area contributed by atoms with Gasteiger partial charge in [-0.25, -0.2) is 0 Å². The SMILES string of the molecule is C/C=C\CC.CCCC.COc1c(C)cccc1C1c2cc(Cl)ccc2-c2ccccc2CCC1C. The zero-order valence-electron chi connectivity index (χ0n) is 23.4. The smallest absolute Gasteiger partial charge is 0.125 e. The first-order valence-corrected chi connectivity index (χ1v) is 13.9. The number of unbranched alkanes of at least 4 members (excludes halogenated alkanes) is 1. The number of para-hydroxylation sites is 1. The highest BCUT2D eigenvalue weighted by Gasteiger charge is 2.30. The van der Waals surface area contributed by atoms with Gasteiger partial charge in [0.25, 0.3) is 0 Å². The van der Waals surface area contributed by atoms with Crippen molar-refractivity contribution in [1.82, 2.24) is 0 Å². The number of methoxy groups -OCH3 is 1. The first kappa shape index (κ1) is 29.7. The quantitative estimate of drug-likeness (QED) is 0.321. The van der Waals surface area contributed by atoms with Gasteiger partial charge in [-0.3, -0.25) is 0 Å². The van der Waals surface area contributed by atoms with Crippen LogP contribution in [0.2, 0.25) is 5.02 Å². The third kappa shape index (κ3) is 7.74. The summed E-state index contributed by atoms with van der Waals surface area (Å²) in [6.07, 6.45) is 10.2. The molecule has 0 aliphatic heterocycles. The number of benzene rings is 3. The molecule has 4 rings (SSSR count). The van der Waals surface area contributed by atoms with Gasteiger partial charge in [-0.2, -0.15) is 0 Å². The molecule has 36 heavy (non-hydrogen) atoms. The number of hydrogen-bond acceptors (Lipinski definition) is 1. The van der Waals surface area contributed by atoms with Crippen molar-refractivity contribution in [2.45, 2.75) is 79.6 Å². The molecular weight excluding hydrogens is 460 g/mol. The largest absolute Gasteiger partial charge is 0.496 e. The van der Waals surface area contributed by atoms with Gasteiger partial charge in [-0.1, -0.05) is 113 Å². The molecule has 3 aromatic rings. The molecule has 0 saturated heterocycles. The van der Waals surface area contributed by atoms with E-state index in [-0.39, 0.29) is 5.92 Å². The normalized spacial score (nSPS) is 16.3. The molecule has 2 unspecified atom stereocenters. The number of halogens is 1. The van der Waals surface area contributed by atoms with Crippen molar-refractivity contribution in [2.75, 3.05) is 7.11 Å². The van der Waals surface area contributed by atoms with Gasteiger partial charge in [-0.05, 0) is 79.0 Å². The monoisotopic (exact) mass is 504 g/mol. The van der Waals surface area contributed by atoms with Crippen molar-refractivity contribution in [3.8, 4) is 16.9 Å². The minimum atomic E-state index is 0.252. The van der Waals surface area contributed by atoms with Crippen molar-refractivity contribution < 1.29 is 4.74 Å². The molecule has 0 heterocycles. The first-order valence-electron chi connectivity index (χ1n) is 13.6. The summed E-state index contributed by atoms with van der Waals surface area (Å²) >= 11 is 6.47. The number of fused-ring (bicyclic) bond motifs is 3. The van der Waals surface area contributed by atoms with Crippen LogP contribution in [0.15, 0.2) is 72.8 Å². The van der Waals surface area contributed by atoms with E-state index in [1.807, 2.05) is 13.0 Å². The first-order chi connectivity index (χ1) is 17.4. The summed E-state index contributed by atoms with van der Waals surface area (Å²) in [6.45, 7) is 13.0. The summed E-state index contributed by atoms with van der Waals surface area (Å²) in [6, 6.07) is 21.6. The van der Waals surface area contributed by atoms with Crippen LogP contribution in [-0.4, -0.2) is 7.11 Å². The molecular formula is C34H45ClO. The van der Waals surface area contributed by atoms with Crippen molar-refractivity contribution in [1.29, 1.82) is 0 Å². The molecule has 2 heteroatoms. The second kappa shape index (κ2) is 15.6. The van der Waals surface area contributed by atoms with Gasteiger partial charge in [0.2, 0.25) is 0 Å². The lowest BCUT2D eigenvalue weighted by molar-refractivity contribution is 0.392. The molecule has 1 aliphatic carbocycles. The Morgan fingerprint density at radius 2 is 1.64 bits per heavy atom. The highest BCUT2D eigenvalue weighted by molar-refractivity contribution is 6.30. The van der Waals surface area contributed by atoms with E-state index < -0.39 is 0 Å². The Bertz CT molecular complexity index is 1100. The summed E-state index contributed by atoms with van der Waals surface area (Å²) in [5.41, 5.74) is 7.76. The minimum Gasteiger partial charge on any atom is -0.496 e. The molecule has 0 amide bonds. The summed E-state index contributed by atoms with van der Waals surface area (Å²) in [5.74, 6) is 1.72. The van der Waals surface area contributed by atoms with Crippen LogP contribution >= 0.6 is 11.6 Å². The van der Waals surface area contributed by atoms with Crippen molar-refractivity contribution in [3.05, 3.63) is 100 Å². The zero-order valence-corrected chi connectivity index (χ0v) is 24.2. The van der Waals surface area contributed by atoms with Crippen LogP contribution in [0.3, 0.4) is 0 Å². The van der Waals surface area contributed by atoms with E-state index in [2.05, 4.69) is 101 Å². The van der Waals surface area contributed by atoms with Gasteiger partial charge in [0.15, 0.2) is 0 Å². The molecule has 0 fully saturated rings. The zero-order chi connectivity index (χ0) is 26.5. The number of ether oxygens (including phenoxy) is 1. The van der Waals surface area contributed by atoms with Gasteiger partial charge >= 0.3 is 0 Å². The third-order valence-corrected chi connectivity index (χ3v) is 7.08. The van der Waals surface area contributed by atoms with E-state index in [4.69, 9.17) is 16.3 Å². The van der Waals surface area contributed by atoms with Crippen molar-refractivity contribution in [2.24, 2.45) is 5.92 Å². The van der Waals surface area contributed by atoms with Gasteiger partial charge < -0.3 is 4.74 Å². The maximum absolute atomic E-state index is 6.47. The van der Waals surface area contributed by atoms with Gasteiger partial charge in [-0.15, -0.1) is 0 Å². The van der Waals surface area contributed by atoms with Crippen LogP contribution in [0.1, 0.15) is 88.5 Å². The molecule has 0 saturated carbocycles. The van der Waals surface area contributed by atoms with Crippen molar-refractivity contribution >= 4 is 11.6 Å². The molecule has 1 aliphatic rings. The fourth-order valence-electron chi connectivity index (χ4n) is 4.80. The maximum Gasteiger partial charge on any atom is 0.125 e. The number of hydrogen-bond donors (Lipinski definition) is 0. The predicted molar refractivity (Wildman–Crippen MR) is 160 cm³/mol. The molecule has 0 N–H and O–H groups in total. The Hall–Kier alpha value is -2.51. The molecule has 0 radical (unpaired) electrons. The molecule has 0 aromatic heterocycles. The summed E-state index contributed by atoms with van der Waals surface area (Å²) in [7, 11) is 1.77. The van der Waals surface area contributed by atoms with Crippen LogP contribution < -0.4 is 4.74 Å². The third-order valence-electron chi connectivity index (χ3n) is 6.85. The lowest BCUT2D eigenvalue weighted by Crippen LogP contribution is -2.17. The van der Waals surface area contributed by atoms with Gasteiger partial charge in [0.05, 0.1) is 7.11 Å². The van der Waals surface area contributed by atoms with Crippen LogP contribution in [0.5, 0.6) is 5.75 Å². The standard InChI is InChI=1S/C25H25ClO.C5H10.C4H10/c1-16-11-12-18-8-4-5-9-20(18)21-14-13-19(26)15-23(21)24(16)22-10-6-7-17(2)25(22)27-3;1-3-5-4-2;1-3-4-2/h4-10,13-16,24H,11-12H2,1-3H3;3,5H,4H2,1-2H3;3-4H2,1-2H3/b;5-3-;. The van der Waals surface area contributed by atoms with E-state index in [0.717, 1.165) is 30.0 Å². The second-order valence-electron chi connectivity index (χ2n) is 9.56. The van der Waals surface area contributed by atoms with E-state index >= 15 is 0 Å². The fourth-order valence-corrected chi connectivity index (χ4v) is 4.98. The van der Waals surface area contributed by atoms with E-state index in [9.17, 15) is 0 Å². The average Bonchev–Trinajstić information content (AvgIpc) is 2.88. The highest BCUT2D eigenvalue weighted by Crippen LogP contribution is 2.46. The summed E-state index contributed by atoms with van der Waals surface area (Å²) in [4.78, 5) is 0. The predicted octanol–water partition coefficient (Wildman–Crippen LogP) is 10.8. The minimum absolute atomic E-state index is 0.252. The Labute approximate surface area is 225 Å². The van der Waals surface area contributed by atoms with E-state index in [1.54, 1.807) is 7.11 Å². The van der Waals surface area contributed by atoms with Crippen LogP contribution in [0.25, 0.3) is 11.1 Å². The lowest BCUT2D eigenvalue weighted by atomic mass is 9.73. The van der Waals surface area contributed by atoms with Crippen molar-refractivity contribution in [3.63, 3.8) is 0 Å². The Kier molecular flexibility index (Phi) is 12.9. The van der Waals surface area contributed by atoms with Crippen LogP contribution in [-0.2, 0) is 6.42 Å². The summed E-state index contributed by atoms with van der Waals surface area (Å²) in [5, 5.41) is 0.788. The number of aryl methyl sites for hydroxylation is 2. The molecule has 0 bridgehead atoms. The summed E-state index contributed by atoms with van der Waals surface area (Å²) < 4.78 is 5.83. The Morgan fingerprint density at radius 1 is 0.917 bits per heavy atom. The lowest BCUT2D eigenvalue weighted by Gasteiger charge is -2.32.